The quantitative estimate of drug-likeness (QED) is 0.162. The molecule has 326 valence electrons. The Bertz CT molecular complexity index is 3650. The van der Waals surface area contributed by atoms with E-state index in [4.69, 9.17) is 0 Å². The highest BCUT2D eigenvalue weighted by atomic mass is 32.1. The first-order valence-electron chi connectivity index (χ1n) is 24.0. The fraction of sp³-hybridized carbons (Fsp3) is 0.194. The van der Waals surface area contributed by atoms with Crippen LogP contribution in [0.4, 0.5) is 27.8 Å². The monoisotopic (exact) mass is 900 g/mol. The molecule has 0 bridgehead atoms. The SMILES string of the molecule is CC(C)(C)c1ccc(N2c3cc4c(sc5ccccc54)c4c3B(c3c2sc2ccccc32)N(c2ccc3c(c2)C(C)(C)CCC3(C)C)c2cc(-c3ccccc3)ccc2-4)c(-c2ccccc2)c1. The van der Waals surface area contributed by atoms with Crippen molar-refractivity contribution in [3.63, 3.8) is 0 Å². The fourth-order valence-electron chi connectivity index (χ4n) is 11.8. The van der Waals surface area contributed by atoms with Crippen LogP contribution in [0.5, 0.6) is 0 Å². The molecule has 0 unspecified atom stereocenters. The van der Waals surface area contributed by atoms with E-state index in [1.807, 2.05) is 22.7 Å². The Morgan fingerprint density at radius 1 is 0.493 bits per heavy atom. The van der Waals surface area contributed by atoms with E-state index in [9.17, 15) is 0 Å². The van der Waals surface area contributed by atoms with Crippen molar-refractivity contribution in [3.05, 3.63) is 187 Å². The first kappa shape index (κ1) is 40.8. The average molecular weight is 901 g/mol. The summed E-state index contributed by atoms with van der Waals surface area (Å²) in [6, 6.07) is 65.0. The van der Waals surface area contributed by atoms with Crippen molar-refractivity contribution in [2.24, 2.45) is 0 Å². The first-order chi connectivity index (χ1) is 32.4. The predicted molar refractivity (Wildman–Crippen MR) is 293 cm³/mol. The van der Waals surface area contributed by atoms with Gasteiger partial charge in [-0.25, -0.2) is 0 Å². The highest BCUT2D eigenvalue weighted by Crippen LogP contribution is 2.56. The van der Waals surface area contributed by atoms with Crippen LogP contribution < -0.4 is 20.6 Å². The molecule has 10 aromatic rings. The molecule has 1 aliphatic carbocycles. The largest absolute Gasteiger partial charge is 0.376 e. The zero-order chi connectivity index (χ0) is 45.6. The molecule has 0 N–H and O–H groups in total. The third-order valence-corrected chi connectivity index (χ3v) is 17.9. The maximum Gasteiger partial charge on any atom is 0.334 e. The van der Waals surface area contributed by atoms with Gasteiger partial charge in [0.1, 0.15) is 0 Å². The van der Waals surface area contributed by atoms with Gasteiger partial charge in [0.2, 0.25) is 0 Å². The van der Waals surface area contributed by atoms with Gasteiger partial charge >= 0.3 is 6.85 Å². The molecule has 67 heavy (non-hydrogen) atoms. The lowest BCUT2D eigenvalue weighted by Crippen LogP contribution is -2.61. The van der Waals surface area contributed by atoms with Crippen molar-refractivity contribution < 1.29 is 0 Å². The number of fused-ring (bicyclic) bond motifs is 11. The summed E-state index contributed by atoms with van der Waals surface area (Å²) in [4.78, 5) is 5.44. The summed E-state index contributed by atoms with van der Waals surface area (Å²) < 4.78 is 3.99. The minimum atomic E-state index is -0.104. The normalized spacial score (nSPS) is 15.7. The number of rotatable bonds is 4. The minimum absolute atomic E-state index is 0.0209. The number of anilines is 5. The fourth-order valence-corrected chi connectivity index (χ4v) is 14.3. The molecule has 0 radical (unpaired) electrons. The molecular weight excluding hydrogens is 848 g/mol. The molecule has 5 heteroatoms. The Hall–Kier alpha value is -6.40. The predicted octanol–water partition coefficient (Wildman–Crippen LogP) is 17.0. The van der Waals surface area contributed by atoms with Crippen LogP contribution in [0.3, 0.4) is 0 Å². The molecular formula is C62H53BN2S2. The zero-order valence-electron chi connectivity index (χ0n) is 39.4. The van der Waals surface area contributed by atoms with E-state index in [1.54, 1.807) is 0 Å². The van der Waals surface area contributed by atoms with Crippen LogP contribution in [0.25, 0.3) is 63.6 Å². The number of benzene rings is 8. The highest BCUT2D eigenvalue weighted by Gasteiger charge is 2.49. The van der Waals surface area contributed by atoms with Gasteiger partial charge in [-0.1, -0.05) is 170 Å². The average Bonchev–Trinajstić information content (AvgIpc) is 3.91. The molecule has 0 saturated heterocycles. The zero-order valence-corrected chi connectivity index (χ0v) is 41.0. The highest BCUT2D eigenvalue weighted by molar-refractivity contribution is 7.27. The van der Waals surface area contributed by atoms with Gasteiger partial charge in [-0.3, -0.25) is 0 Å². The molecule has 4 heterocycles. The van der Waals surface area contributed by atoms with Gasteiger partial charge < -0.3 is 9.71 Å². The molecule has 8 aromatic carbocycles. The lowest BCUT2D eigenvalue weighted by Gasteiger charge is -2.46. The summed E-state index contributed by atoms with van der Waals surface area (Å²) in [6.07, 6.45) is 2.35. The second-order valence-corrected chi connectivity index (χ2v) is 23.6. The van der Waals surface area contributed by atoms with Crippen LogP contribution in [0.1, 0.15) is 78.0 Å². The van der Waals surface area contributed by atoms with Crippen LogP contribution >= 0.6 is 22.7 Å². The van der Waals surface area contributed by atoms with Gasteiger partial charge in [0, 0.05) is 58.6 Å². The second kappa shape index (κ2) is 14.6. The molecule has 0 spiro atoms. The Morgan fingerprint density at radius 3 is 1.88 bits per heavy atom. The smallest absolute Gasteiger partial charge is 0.334 e. The van der Waals surface area contributed by atoms with E-state index in [1.165, 1.54) is 125 Å². The number of hydrogen-bond donors (Lipinski definition) is 0. The number of thiophene rings is 2. The van der Waals surface area contributed by atoms with Crippen LogP contribution in [0.2, 0.25) is 0 Å². The Morgan fingerprint density at radius 2 is 1.15 bits per heavy atom. The van der Waals surface area contributed by atoms with E-state index >= 15 is 0 Å². The van der Waals surface area contributed by atoms with E-state index in [-0.39, 0.29) is 23.1 Å². The van der Waals surface area contributed by atoms with E-state index in [2.05, 4.69) is 228 Å². The maximum absolute atomic E-state index is 2.76. The van der Waals surface area contributed by atoms with Crippen LogP contribution in [0.15, 0.2) is 170 Å². The second-order valence-electron chi connectivity index (χ2n) is 21.5. The minimum Gasteiger partial charge on any atom is -0.376 e. The Labute approximate surface area is 403 Å². The summed E-state index contributed by atoms with van der Waals surface area (Å²) in [5, 5.41) is 5.25. The van der Waals surface area contributed by atoms with Crippen molar-refractivity contribution in [1.29, 1.82) is 0 Å². The van der Waals surface area contributed by atoms with Crippen molar-refractivity contribution in [2.45, 2.75) is 77.6 Å². The van der Waals surface area contributed by atoms with E-state index in [0.717, 1.165) is 6.42 Å². The third kappa shape index (κ3) is 6.13. The number of nitrogens with zero attached hydrogens (tertiary/aromatic N) is 2. The van der Waals surface area contributed by atoms with E-state index in [0.29, 0.717) is 0 Å². The van der Waals surface area contributed by atoms with Crippen molar-refractivity contribution in [3.8, 4) is 33.4 Å². The van der Waals surface area contributed by atoms with E-state index < -0.39 is 0 Å². The lowest BCUT2D eigenvalue weighted by atomic mass is 9.43. The summed E-state index contributed by atoms with van der Waals surface area (Å²) in [6.45, 7) is 16.7. The summed E-state index contributed by atoms with van der Waals surface area (Å²) in [7, 11) is 0. The molecule has 0 fully saturated rings. The molecule has 0 amide bonds. The van der Waals surface area contributed by atoms with Gasteiger partial charge in [0.15, 0.2) is 0 Å². The van der Waals surface area contributed by atoms with Crippen molar-refractivity contribution >= 4 is 98.5 Å². The van der Waals surface area contributed by atoms with Gasteiger partial charge in [-0.15, -0.1) is 22.7 Å². The summed E-state index contributed by atoms with van der Waals surface area (Å²) in [5.41, 5.74) is 19.8. The van der Waals surface area contributed by atoms with Gasteiger partial charge in [0.05, 0.1) is 10.7 Å². The van der Waals surface area contributed by atoms with Crippen LogP contribution in [-0.4, -0.2) is 6.85 Å². The molecule has 2 nitrogen and oxygen atoms in total. The van der Waals surface area contributed by atoms with Gasteiger partial charge in [-0.05, 0) is 127 Å². The number of hydrogen-bond acceptors (Lipinski definition) is 4. The molecule has 2 aliphatic heterocycles. The van der Waals surface area contributed by atoms with Crippen molar-refractivity contribution in [2.75, 3.05) is 9.71 Å². The molecule has 13 rings (SSSR count). The molecule has 3 aliphatic rings. The third-order valence-electron chi connectivity index (χ3n) is 15.5. The lowest BCUT2D eigenvalue weighted by molar-refractivity contribution is 0.332. The Balaban J connectivity index is 1.20. The standard InChI is InChI=1S/C62H53BN2S2/c1-60(2,3)41-27-31-50(46(35-41)39-20-12-9-13-21-39)64-52-37-47-43-22-14-16-24-53(43)66-58(47)55-44-29-26-40(38-18-10-8-11-19-38)34-51(44)65(42-28-30-48-49(36-42)62(6,7)33-32-61(48,4)5)63(57(52)55)56-45-23-15-17-25-54(45)67-59(56)64/h8-31,34-37H,32-33H2,1-7H3. The van der Waals surface area contributed by atoms with Gasteiger partial charge in [-0.2, -0.15) is 0 Å². The maximum atomic E-state index is 2.76. The Kier molecular flexibility index (Phi) is 8.87. The molecule has 0 saturated carbocycles. The van der Waals surface area contributed by atoms with Gasteiger partial charge in [0.25, 0.3) is 0 Å². The topological polar surface area (TPSA) is 6.48 Å². The summed E-state index contributed by atoms with van der Waals surface area (Å²) >= 11 is 3.90. The summed E-state index contributed by atoms with van der Waals surface area (Å²) in [5.74, 6) is 0. The van der Waals surface area contributed by atoms with Crippen molar-refractivity contribution in [1.82, 2.24) is 0 Å². The molecule has 2 aromatic heterocycles. The van der Waals surface area contributed by atoms with Crippen LogP contribution in [-0.2, 0) is 16.2 Å². The molecule has 0 atom stereocenters. The van der Waals surface area contributed by atoms with Crippen LogP contribution in [0, 0.1) is 0 Å². The first-order valence-corrected chi connectivity index (χ1v) is 25.6.